The number of amides is 1. The molecular formula is C19H25FN4O2. The number of ether oxygens (including phenoxy) is 1. The average Bonchev–Trinajstić information content (AvgIpc) is 3.18. The third-order valence-corrected chi connectivity index (χ3v) is 4.58. The summed E-state index contributed by atoms with van der Waals surface area (Å²) in [4.78, 5) is 14.5. The van der Waals surface area contributed by atoms with E-state index in [4.69, 9.17) is 4.74 Å². The fourth-order valence-corrected chi connectivity index (χ4v) is 3.17. The first-order valence-corrected chi connectivity index (χ1v) is 9.04. The largest absolute Gasteiger partial charge is 0.379 e. The average molecular weight is 360 g/mol. The van der Waals surface area contributed by atoms with Crippen LogP contribution in [0.3, 0.4) is 0 Å². The highest BCUT2D eigenvalue weighted by Crippen LogP contribution is 2.21. The van der Waals surface area contributed by atoms with Gasteiger partial charge in [-0.25, -0.2) is 4.39 Å². The molecule has 1 fully saturated rings. The molecule has 1 atom stereocenters. The number of hydrogen-bond acceptors (Lipinski definition) is 4. The normalized spacial score (nSPS) is 16.3. The Balaban J connectivity index is 1.53. The van der Waals surface area contributed by atoms with Gasteiger partial charge in [0.2, 0.25) is 5.91 Å². The van der Waals surface area contributed by atoms with Gasteiger partial charge >= 0.3 is 0 Å². The Morgan fingerprint density at radius 2 is 2.04 bits per heavy atom. The van der Waals surface area contributed by atoms with E-state index < -0.39 is 0 Å². The summed E-state index contributed by atoms with van der Waals surface area (Å²) in [7, 11) is 0. The predicted octanol–water partition coefficient (Wildman–Crippen LogP) is 1.99. The molecule has 0 spiro atoms. The van der Waals surface area contributed by atoms with Crippen LogP contribution in [0, 0.1) is 5.82 Å². The van der Waals surface area contributed by atoms with Gasteiger partial charge in [-0.3, -0.25) is 14.4 Å². The fourth-order valence-electron chi connectivity index (χ4n) is 3.17. The van der Waals surface area contributed by atoms with Gasteiger partial charge in [0.25, 0.3) is 0 Å². The Morgan fingerprint density at radius 3 is 2.73 bits per heavy atom. The number of hydrogen-bond donors (Lipinski definition) is 1. The summed E-state index contributed by atoms with van der Waals surface area (Å²) in [5.74, 6) is -0.227. The smallest absolute Gasteiger partial charge is 0.220 e. The lowest BCUT2D eigenvalue weighted by molar-refractivity contribution is -0.121. The number of aromatic nitrogens is 2. The zero-order valence-electron chi connectivity index (χ0n) is 14.8. The van der Waals surface area contributed by atoms with Gasteiger partial charge in [-0.05, 0) is 30.2 Å². The maximum Gasteiger partial charge on any atom is 0.220 e. The molecule has 6 nitrogen and oxygen atoms in total. The van der Waals surface area contributed by atoms with E-state index in [1.165, 1.54) is 12.1 Å². The molecule has 0 bridgehead atoms. The van der Waals surface area contributed by atoms with Crippen molar-refractivity contribution < 1.29 is 13.9 Å². The number of carbonyl (C=O) groups excluding carboxylic acids is 1. The van der Waals surface area contributed by atoms with Crippen LogP contribution in [0.4, 0.5) is 4.39 Å². The van der Waals surface area contributed by atoms with Crippen molar-refractivity contribution in [3.8, 4) is 0 Å². The molecule has 1 saturated heterocycles. The van der Waals surface area contributed by atoms with Crippen LogP contribution in [0.5, 0.6) is 0 Å². The van der Waals surface area contributed by atoms with Crippen LogP contribution in [0.2, 0.25) is 0 Å². The first kappa shape index (κ1) is 18.5. The van der Waals surface area contributed by atoms with Gasteiger partial charge in [-0.2, -0.15) is 5.10 Å². The van der Waals surface area contributed by atoms with E-state index in [0.29, 0.717) is 26.2 Å². The van der Waals surface area contributed by atoms with Crippen molar-refractivity contribution in [1.29, 1.82) is 0 Å². The Labute approximate surface area is 152 Å². The molecule has 0 aliphatic carbocycles. The summed E-state index contributed by atoms with van der Waals surface area (Å²) in [5.41, 5.74) is 1.00. The third kappa shape index (κ3) is 5.37. The predicted molar refractivity (Wildman–Crippen MR) is 96.0 cm³/mol. The fraction of sp³-hybridized carbons (Fsp3) is 0.474. The Bertz CT molecular complexity index is 669. The van der Waals surface area contributed by atoms with Crippen LogP contribution in [0.25, 0.3) is 0 Å². The third-order valence-electron chi connectivity index (χ3n) is 4.58. The van der Waals surface area contributed by atoms with Crippen molar-refractivity contribution in [3.05, 3.63) is 54.1 Å². The number of halogens is 1. The minimum atomic E-state index is -0.253. The lowest BCUT2D eigenvalue weighted by Gasteiger charge is -2.35. The van der Waals surface area contributed by atoms with Crippen LogP contribution >= 0.6 is 0 Å². The Hall–Kier alpha value is -2.25. The number of benzene rings is 1. The summed E-state index contributed by atoms with van der Waals surface area (Å²) < 4.78 is 20.5. The van der Waals surface area contributed by atoms with Gasteiger partial charge < -0.3 is 10.1 Å². The van der Waals surface area contributed by atoms with Gasteiger partial charge in [0.1, 0.15) is 5.82 Å². The van der Waals surface area contributed by atoms with Crippen LogP contribution in [-0.2, 0) is 16.1 Å². The Morgan fingerprint density at radius 1 is 1.27 bits per heavy atom. The summed E-state index contributed by atoms with van der Waals surface area (Å²) in [5, 5.41) is 7.16. The number of aryl methyl sites for hydroxylation is 1. The standard InChI is InChI=1S/C19H25FN4O2/c20-17-6-4-16(5-7-17)18(23-11-13-26-14-12-23)15-21-19(25)3-1-9-24-10-2-8-22-24/h2,4-8,10,18H,1,3,9,11-15H2,(H,21,25). The molecule has 1 aliphatic rings. The second-order valence-electron chi connectivity index (χ2n) is 6.39. The van der Waals surface area contributed by atoms with Crippen LogP contribution < -0.4 is 5.32 Å². The lowest BCUT2D eigenvalue weighted by Crippen LogP contribution is -2.43. The molecule has 7 heteroatoms. The number of nitrogens with one attached hydrogen (secondary N) is 1. The molecular weight excluding hydrogens is 335 g/mol. The van der Waals surface area contributed by atoms with E-state index in [-0.39, 0.29) is 17.8 Å². The first-order chi connectivity index (χ1) is 12.7. The molecule has 2 heterocycles. The van der Waals surface area contributed by atoms with Gasteiger partial charge in [0.15, 0.2) is 0 Å². The zero-order valence-corrected chi connectivity index (χ0v) is 14.8. The molecule has 3 rings (SSSR count). The monoisotopic (exact) mass is 360 g/mol. The molecule has 1 aromatic heterocycles. The molecule has 1 unspecified atom stereocenters. The minimum Gasteiger partial charge on any atom is -0.379 e. The molecule has 0 radical (unpaired) electrons. The summed E-state index contributed by atoms with van der Waals surface area (Å²) in [6.45, 7) is 4.19. The molecule has 1 aliphatic heterocycles. The topological polar surface area (TPSA) is 59.4 Å². The lowest BCUT2D eigenvalue weighted by atomic mass is 10.0. The van der Waals surface area contributed by atoms with Gasteiger partial charge in [-0.1, -0.05) is 12.1 Å². The van der Waals surface area contributed by atoms with E-state index in [1.807, 2.05) is 16.9 Å². The van der Waals surface area contributed by atoms with Crippen molar-refractivity contribution >= 4 is 5.91 Å². The number of rotatable bonds is 8. The van der Waals surface area contributed by atoms with Gasteiger partial charge in [0, 0.05) is 45.0 Å². The van der Waals surface area contributed by atoms with Crippen molar-refractivity contribution in [2.45, 2.75) is 25.4 Å². The van der Waals surface area contributed by atoms with Crippen LogP contribution in [-0.4, -0.2) is 53.4 Å². The first-order valence-electron chi connectivity index (χ1n) is 9.04. The van der Waals surface area contributed by atoms with Crippen molar-refractivity contribution in [2.75, 3.05) is 32.8 Å². The highest BCUT2D eigenvalue weighted by molar-refractivity contribution is 5.75. The molecule has 26 heavy (non-hydrogen) atoms. The number of morpholine rings is 1. The molecule has 1 N–H and O–H groups in total. The van der Waals surface area contributed by atoms with E-state index in [2.05, 4.69) is 15.3 Å². The molecule has 2 aromatic rings. The molecule has 0 saturated carbocycles. The van der Waals surface area contributed by atoms with E-state index >= 15 is 0 Å². The quantitative estimate of drug-likeness (QED) is 0.782. The second kappa shape index (κ2) is 9.45. The van der Waals surface area contributed by atoms with E-state index in [9.17, 15) is 9.18 Å². The molecule has 140 valence electrons. The van der Waals surface area contributed by atoms with Crippen molar-refractivity contribution in [1.82, 2.24) is 20.0 Å². The summed E-state index contributed by atoms with van der Waals surface area (Å²) >= 11 is 0. The highest BCUT2D eigenvalue weighted by atomic mass is 19.1. The van der Waals surface area contributed by atoms with Crippen molar-refractivity contribution in [3.63, 3.8) is 0 Å². The maximum absolute atomic E-state index is 13.3. The zero-order chi connectivity index (χ0) is 18.2. The Kier molecular flexibility index (Phi) is 6.74. The van der Waals surface area contributed by atoms with Gasteiger partial charge in [-0.15, -0.1) is 0 Å². The molecule has 1 amide bonds. The summed E-state index contributed by atoms with van der Waals surface area (Å²) in [6.07, 6.45) is 4.82. The van der Waals surface area contributed by atoms with E-state index in [1.54, 1.807) is 18.3 Å². The highest BCUT2D eigenvalue weighted by Gasteiger charge is 2.23. The molecule has 1 aromatic carbocycles. The van der Waals surface area contributed by atoms with Crippen molar-refractivity contribution in [2.24, 2.45) is 0 Å². The minimum absolute atomic E-state index is 0.0227. The number of nitrogens with zero attached hydrogens (tertiary/aromatic N) is 3. The van der Waals surface area contributed by atoms with E-state index in [0.717, 1.165) is 31.6 Å². The SMILES string of the molecule is O=C(CCCn1cccn1)NCC(c1ccc(F)cc1)N1CCOCC1. The van der Waals surface area contributed by atoms with Crippen LogP contribution in [0.15, 0.2) is 42.7 Å². The second-order valence-corrected chi connectivity index (χ2v) is 6.39. The van der Waals surface area contributed by atoms with Gasteiger partial charge in [0.05, 0.1) is 19.3 Å². The number of carbonyl (C=O) groups is 1. The summed E-state index contributed by atoms with van der Waals surface area (Å²) in [6, 6.07) is 8.41. The maximum atomic E-state index is 13.3. The van der Waals surface area contributed by atoms with Crippen LogP contribution in [0.1, 0.15) is 24.4 Å².